The van der Waals surface area contributed by atoms with E-state index in [9.17, 15) is 9.90 Å². The Bertz CT molecular complexity index is 879. The zero-order chi connectivity index (χ0) is 18.5. The molecule has 7 nitrogen and oxygen atoms in total. The molecule has 0 aliphatic heterocycles. The lowest BCUT2D eigenvalue weighted by molar-refractivity contribution is -0.143. The smallest absolute Gasteiger partial charge is 0.325 e. The maximum Gasteiger partial charge on any atom is 0.325 e. The number of carbonyl (C=O) groups is 1. The van der Waals surface area contributed by atoms with E-state index in [1.807, 2.05) is 12.1 Å². The number of methoxy groups -OCH3 is 1. The molecule has 0 fully saturated rings. The van der Waals surface area contributed by atoms with E-state index < -0.39 is 12.0 Å². The lowest BCUT2D eigenvalue weighted by Gasteiger charge is -2.25. The summed E-state index contributed by atoms with van der Waals surface area (Å²) in [5.74, 6) is 0.133. The maximum atomic E-state index is 11.9. The number of ether oxygens (including phenoxy) is 1. The van der Waals surface area contributed by atoms with Gasteiger partial charge in [0.1, 0.15) is 17.5 Å². The van der Waals surface area contributed by atoms with Gasteiger partial charge in [-0.2, -0.15) is 0 Å². The molecule has 2 heterocycles. The summed E-state index contributed by atoms with van der Waals surface area (Å²) in [5.41, 5.74) is 2.15. The SMILES string of the molecule is COc1ccccc1C(C(=O)O)N(C)Cc1cc(-c2ccncc2)no1. The Hall–Kier alpha value is -3.19. The number of pyridine rings is 1. The number of carboxylic acids is 1. The number of likely N-dealkylation sites (N-methyl/N-ethyl adjacent to an activating group) is 1. The highest BCUT2D eigenvalue weighted by atomic mass is 16.5. The topological polar surface area (TPSA) is 88.7 Å². The van der Waals surface area contributed by atoms with Gasteiger partial charge in [-0.25, -0.2) is 0 Å². The Morgan fingerprint density at radius 1 is 1.27 bits per heavy atom. The van der Waals surface area contributed by atoms with Crippen LogP contribution in [0.4, 0.5) is 0 Å². The van der Waals surface area contributed by atoms with E-state index in [1.54, 1.807) is 54.7 Å². The molecule has 2 aromatic heterocycles. The largest absolute Gasteiger partial charge is 0.496 e. The lowest BCUT2D eigenvalue weighted by Crippen LogP contribution is -2.30. The number of para-hydroxylation sites is 1. The fourth-order valence-corrected chi connectivity index (χ4v) is 2.83. The van der Waals surface area contributed by atoms with Crippen LogP contribution >= 0.6 is 0 Å². The highest BCUT2D eigenvalue weighted by Crippen LogP contribution is 2.30. The molecule has 1 aromatic carbocycles. The number of hydrogen-bond acceptors (Lipinski definition) is 6. The number of aromatic nitrogens is 2. The van der Waals surface area contributed by atoms with E-state index in [2.05, 4.69) is 10.1 Å². The second-order valence-corrected chi connectivity index (χ2v) is 5.81. The quantitative estimate of drug-likeness (QED) is 0.698. The highest BCUT2D eigenvalue weighted by molar-refractivity contribution is 5.76. The van der Waals surface area contributed by atoms with E-state index in [0.717, 1.165) is 5.56 Å². The van der Waals surface area contributed by atoms with Crippen molar-refractivity contribution in [2.45, 2.75) is 12.6 Å². The molecular weight excluding hydrogens is 334 g/mol. The minimum Gasteiger partial charge on any atom is -0.496 e. The van der Waals surface area contributed by atoms with Crippen molar-refractivity contribution in [1.82, 2.24) is 15.0 Å². The third kappa shape index (κ3) is 3.73. The molecule has 1 unspecified atom stereocenters. The van der Waals surface area contributed by atoms with Crippen LogP contribution in [0.25, 0.3) is 11.3 Å². The van der Waals surface area contributed by atoms with Gasteiger partial charge in [0.05, 0.1) is 13.7 Å². The number of aliphatic carboxylic acids is 1. The fourth-order valence-electron chi connectivity index (χ4n) is 2.83. The van der Waals surface area contributed by atoms with Gasteiger partial charge in [0.15, 0.2) is 5.76 Å². The van der Waals surface area contributed by atoms with Gasteiger partial charge < -0.3 is 14.4 Å². The first kappa shape index (κ1) is 17.6. The van der Waals surface area contributed by atoms with Crippen molar-refractivity contribution in [3.63, 3.8) is 0 Å². The second kappa shape index (κ2) is 7.79. The molecule has 0 bridgehead atoms. The van der Waals surface area contributed by atoms with Gasteiger partial charge in [0.25, 0.3) is 0 Å². The molecule has 3 aromatic rings. The standard InChI is InChI=1S/C19H19N3O4/c1-22(18(19(23)24)15-5-3-4-6-17(15)25-2)12-14-11-16(21-26-14)13-7-9-20-10-8-13/h3-11,18H,12H2,1-2H3,(H,23,24). The highest BCUT2D eigenvalue weighted by Gasteiger charge is 2.28. The number of nitrogens with zero attached hydrogens (tertiary/aromatic N) is 3. The molecule has 0 spiro atoms. The van der Waals surface area contributed by atoms with E-state index in [1.165, 1.54) is 7.11 Å². The van der Waals surface area contributed by atoms with Crippen LogP contribution in [0.5, 0.6) is 5.75 Å². The number of benzene rings is 1. The minimum absolute atomic E-state index is 0.285. The predicted octanol–water partition coefficient (Wildman–Crippen LogP) is 3.00. The summed E-state index contributed by atoms with van der Waals surface area (Å²) in [6, 6.07) is 11.7. The summed E-state index contributed by atoms with van der Waals surface area (Å²) in [6.45, 7) is 0.285. The van der Waals surface area contributed by atoms with Crippen LogP contribution < -0.4 is 4.74 Å². The van der Waals surface area contributed by atoms with Gasteiger partial charge in [-0.15, -0.1) is 0 Å². The number of carboxylic acid groups (broad SMARTS) is 1. The fraction of sp³-hybridized carbons (Fsp3) is 0.211. The zero-order valence-electron chi connectivity index (χ0n) is 14.5. The van der Waals surface area contributed by atoms with Crippen LogP contribution in [0.15, 0.2) is 59.4 Å². The summed E-state index contributed by atoms with van der Waals surface area (Å²) >= 11 is 0. The van der Waals surface area contributed by atoms with Crippen LogP contribution in [-0.4, -0.2) is 40.3 Å². The summed E-state index contributed by atoms with van der Waals surface area (Å²) in [4.78, 5) is 17.5. The van der Waals surface area contributed by atoms with Gasteiger partial charge in [0, 0.05) is 29.6 Å². The van der Waals surface area contributed by atoms with Crippen molar-refractivity contribution in [3.8, 4) is 17.0 Å². The molecule has 1 N–H and O–H groups in total. The first-order valence-electron chi connectivity index (χ1n) is 8.02. The predicted molar refractivity (Wildman–Crippen MR) is 94.6 cm³/mol. The zero-order valence-corrected chi connectivity index (χ0v) is 14.5. The van der Waals surface area contributed by atoms with E-state index >= 15 is 0 Å². The molecule has 26 heavy (non-hydrogen) atoms. The molecule has 134 valence electrons. The Morgan fingerprint density at radius 2 is 2.00 bits per heavy atom. The average molecular weight is 353 g/mol. The van der Waals surface area contributed by atoms with Gasteiger partial charge in [-0.3, -0.25) is 14.7 Å². The summed E-state index contributed by atoms with van der Waals surface area (Å²) in [5, 5.41) is 13.8. The van der Waals surface area contributed by atoms with Crippen LogP contribution in [0.3, 0.4) is 0 Å². The normalized spacial score (nSPS) is 12.1. The van der Waals surface area contributed by atoms with E-state index in [4.69, 9.17) is 9.26 Å². The van der Waals surface area contributed by atoms with Crippen molar-refractivity contribution in [2.75, 3.05) is 14.2 Å². The van der Waals surface area contributed by atoms with Gasteiger partial charge in [-0.1, -0.05) is 23.4 Å². The Kier molecular flexibility index (Phi) is 5.28. The lowest BCUT2D eigenvalue weighted by atomic mass is 10.0. The van der Waals surface area contributed by atoms with Crippen molar-refractivity contribution in [2.24, 2.45) is 0 Å². The first-order chi connectivity index (χ1) is 12.6. The second-order valence-electron chi connectivity index (χ2n) is 5.81. The van der Waals surface area contributed by atoms with Gasteiger partial charge in [-0.05, 0) is 25.2 Å². The summed E-state index contributed by atoms with van der Waals surface area (Å²) in [7, 11) is 3.25. The van der Waals surface area contributed by atoms with E-state index in [-0.39, 0.29) is 6.54 Å². The van der Waals surface area contributed by atoms with Crippen molar-refractivity contribution in [3.05, 3.63) is 66.2 Å². The minimum atomic E-state index is -0.967. The Labute approximate surface area is 150 Å². The van der Waals surface area contributed by atoms with Crippen molar-refractivity contribution >= 4 is 5.97 Å². The third-order valence-electron chi connectivity index (χ3n) is 4.05. The molecule has 0 aliphatic rings. The third-order valence-corrected chi connectivity index (χ3v) is 4.05. The Morgan fingerprint density at radius 3 is 2.69 bits per heavy atom. The molecule has 0 aliphatic carbocycles. The molecule has 0 radical (unpaired) electrons. The molecule has 1 atom stereocenters. The molecular formula is C19H19N3O4. The molecule has 0 saturated carbocycles. The van der Waals surface area contributed by atoms with Gasteiger partial charge >= 0.3 is 5.97 Å². The van der Waals surface area contributed by atoms with Crippen LogP contribution in [-0.2, 0) is 11.3 Å². The van der Waals surface area contributed by atoms with Crippen molar-refractivity contribution in [1.29, 1.82) is 0 Å². The Balaban J connectivity index is 1.82. The van der Waals surface area contributed by atoms with E-state index in [0.29, 0.717) is 22.8 Å². The number of rotatable bonds is 7. The van der Waals surface area contributed by atoms with Crippen LogP contribution in [0.2, 0.25) is 0 Å². The molecule has 0 saturated heterocycles. The molecule has 0 amide bonds. The van der Waals surface area contributed by atoms with Crippen LogP contribution in [0, 0.1) is 0 Å². The first-order valence-corrected chi connectivity index (χ1v) is 8.02. The number of hydrogen-bond donors (Lipinski definition) is 1. The molecule has 3 rings (SSSR count). The maximum absolute atomic E-state index is 11.9. The van der Waals surface area contributed by atoms with Crippen molar-refractivity contribution < 1.29 is 19.2 Å². The monoisotopic (exact) mass is 353 g/mol. The van der Waals surface area contributed by atoms with Crippen LogP contribution in [0.1, 0.15) is 17.4 Å². The average Bonchev–Trinajstić information content (AvgIpc) is 3.11. The van der Waals surface area contributed by atoms with Gasteiger partial charge in [0.2, 0.25) is 0 Å². The summed E-state index contributed by atoms with van der Waals surface area (Å²) < 4.78 is 10.7. The molecule has 7 heteroatoms. The summed E-state index contributed by atoms with van der Waals surface area (Å²) in [6.07, 6.45) is 3.36.